The first kappa shape index (κ1) is 18.6. The van der Waals surface area contributed by atoms with Crippen molar-refractivity contribution in [2.45, 2.75) is 23.8 Å². The van der Waals surface area contributed by atoms with Crippen molar-refractivity contribution in [3.8, 4) is 5.75 Å². The molecule has 1 aromatic carbocycles. The highest BCUT2D eigenvalue weighted by Gasteiger charge is 2.63. The van der Waals surface area contributed by atoms with Gasteiger partial charge in [0.2, 0.25) is 0 Å². The third-order valence-electron chi connectivity index (χ3n) is 5.29. The quantitative estimate of drug-likeness (QED) is 0.566. The van der Waals surface area contributed by atoms with Crippen molar-refractivity contribution in [1.29, 1.82) is 0 Å². The third kappa shape index (κ3) is 2.47. The average Bonchev–Trinajstić information content (AvgIpc) is 2.97. The van der Waals surface area contributed by atoms with Crippen molar-refractivity contribution in [2.75, 3.05) is 21.3 Å². The van der Waals surface area contributed by atoms with Gasteiger partial charge in [0.05, 0.1) is 39.0 Å². The van der Waals surface area contributed by atoms with Gasteiger partial charge < -0.3 is 14.2 Å². The highest BCUT2D eigenvalue weighted by atomic mass is 32.2. The normalized spacial score (nSPS) is 27.4. The summed E-state index contributed by atoms with van der Waals surface area (Å²) < 4.78 is 14.1. The van der Waals surface area contributed by atoms with Crippen LogP contribution in [-0.4, -0.2) is 60.2 Å². The average molecular weight is 400 g/mol. The van der Waals surface area contributed by atoms with Crippen LogP contribution in [0.5, 0.6) is 5.75 Å². The largest absolute Gasteiger partial charge is 0.497 e. The summed E-state index contributed by atoms with van der Waals surface area (Å²) in [5.41, 5.74) is 2.15. The van der Waals surface area contributed by atoms with Gasteiger partial charge in [0, 0.05) is 5.56 Å². The van der Waals surface area contributed by atoms with Crippen LogP contribution in [-0.2, 0) is 19.1 Å². The summed E-state index contributed by atoms with van der Waals surface area (Å²) in [7, 11) is 4.24. The molecule has 0 aliphatic carbocycles. The minimum Gasteiger partial charge on any atom is -0.497 e. The smallest absolute Gasteiger partial charge is 0.335 e. The van der Waals surface area contributed by atoms with E-state index in [0.29, 0.717) is 10.6 Å². The molecule has 0 spiro atoms. The zero-order valence-electron chi connectivity index (χ0n) is 16.0. The van der Waals surface area contributed by atoms with Crippen molar-refractivity contribution in [1.82, 2.24) is 5.01 Å². The predicted octanol–water partition coefficient (Wildman–Crippen LogP) is 2.13. The van der Waals surface area contributed by atoms with Crippen LogP contribution in [0, 0.1) is 0 Å². The fourth-order valence-electron chi connectivity index (χ4n) is 3.88. The van der Waals surface area contributed by atoms with Gasteiger partial charge in [0.1, 0.15) is 10.8 Å². The Morgan fingerprint density at radius 3 is 2.43 bits per heavy atom. The molecule has 3 atom stereocenters. The molecule has 3 heterocycles. The Hall–Kier alpha value is -2.74. The Balaban J connectivity index is 1.88. The first-order chi connectivity index (χ1) is 13.5. The van der Waals surface area contributed by atoms with Crippen LogP contribution in [0.3, 0.4) is 0 Å². The highest BCUT2D eigenvalue weighted by Crippen LogP contribution is 2.53. The number of carbonyl (C=O) groups is 2. The molecule has 3 aliphatic rings. The SMILES string of the molecule is COC(=O)C1=CC2C(C)=CC3N2N=C(c2ccc(OC)cc2)SC13C(=O)OC. The lowest BCUT2D eigenvalue weighted by molar-refractivity contribution is -0.147. The molecule has 0 fully saturated rings. The van der Waals surface area contributed by atoms with Gasteiger partial charge in [-0.15, -0.1) is 0 Å². The maximum atomic E-state index is 13.1. The van der Waals surface area contributed by atoms with Crippen LogP contribution in [0.25, 0.3) is 0 Å². The summed E-state index contributed by atoms with van der Waals surface area (Å²) in [5, 5.41) is 7.30. The number of esters is 2. The number of hydrogen-bond donors (Lipinski definition) is 0. The summed E-state index contributed by atoms with van der Waals surface area (Å²) in [4.78, 5) is 25.7. The third-order valence-corrected chi connectivity index (χ3v) is 6.75. The summed E-state index contributed by atoms with van der Waals surface area (Å²) >= 11 is 1.23. The van der Waals surface area contributed by atoms with E-state index in [1.165, 1.54) is 26.0 Å². The van der Waals surface area contributed by atoms with Gasteiger partial charge in [0.15, 0.2) is 4.75 Å². The molecule has 7 nitrogen and oxygen atoms in total. The molecule has 4 rings (SSSR count). The van der Waals surface area contributed by atoms with Crippen molar-refractivity contribution >= 4 is 28.7 Å². The number of nitrogens with zero attached hydrogens (tertiary/aromatic N) is 2. The second-order valence-corrected chi connectivity index (χ2v) is 7.95. The number of carbonyl (C=O) groups excluding carboxylic acids is 2. The minimum atomic E-state index is -1.28. The van der Waals surface area contributed by atoms with Crippen LogP contribution >= 0.6 is 11.8 Å². The fraction of sp³-hybridized carbons (Fsp3) is 0.350. The molecular formula is C20H20N2O5S. The summed E-state index contributed by atoms with van der Waals surface area (Å²) in [6.07, 6.45) is 3.74. The molecule has 0 saturated carbocycles. The summed E-state index contributed by atoms with van der Waals surface area (Å²) in [5.74, 6) is -0.317. The van der Waals surface area contributed by atoms with E-state index >= 15 is 0 Å². The molecule has 8 heteroatoms. The monoisotopic (exact) mass is 400 g/mol. The van der Waals surface area contributed by atoms with Crippen LogP contribution in [0.1, 0.15) is 12.5 Å². The zero-order valence-corrected chi connectivity index (χ0v) is 16.8. The highest BCUT2D eigenvalue weighted by molar-refractivity contribution is 8.16. The Morgan fingerprint density at radius 2 is 1.82 bits per heavy atom. The van der Waals surface area contributed by atoms with Crippen molar-refractivity contribution in [3.63, 3.8) is 0 Å². The van der Waals surface area contributed by atoms with Crippen molar-refractivity contribution in [3.05, 3.63) is 53.1 Å². The molecule has 0 amide bonds. The molecule has 4 bridgehead atoms. The molecule has 3 unspecified atom stereocenters. The number of rotatable bonds is 4. The number of hydrazone groups is 1. The lowest BCUT2D eigenvalue weighted by Crippen LogP contribution is -2.61. The molecule has 28 heavy (non-hydrogen) atoms. The fourth-order valence-corrected chi connectivity index (χ4v) is 5.30. The first-order valence-corrected chi connectivity index (χ1v) is 9.55. The van der Waals surface area contributed by atoms with Crippen LogP contribution < -0.4 is 4.74 Å². The number of thioether (sulfide) groups is 1. The van der Waals surface area contributed by atoms with Crippen LogP contribution in [0.4, 0.5) is 0 Å². The second kappa shape index (κ2) is 6.70. The first-order valence-electron chi connectivity index (χ1n) is 8.74. The lowest BCUT2D eigenvalue weighted by Gasteiger charge is -2.47. The Bertz CT molecular complexity index is 936. The van der Waals surface area contributed by atoms with E-state index in [4.69, 9.17) is 19.3 Å². The number of benzene rings is 1. The van der Waals surface area contributed by atoms with Gasteiger partial charge in [-0.2, -0.15) is 5.10 Å². The van der Waals surface area contributed by atoms with Gasteiger partial charge >= 0.3 is 11.9 Å². The lowest BCUT2D eigenvalue weighted by atomic mass is 9.87. The van der Waals surface area contributed by atoms with E-state index in [0.717, 1.165) is 16.9 Å². The van der Waals surface area contributed by atoms with Gasteiger partial charge in [0.25, 0.3) is 0 Å². The van der Waals surface area contributed by atoms with Gasteiger partial charge in [-0.1, -0.05) is 17.8 Å². The number of methoxy groups -OCH3 is 3. The van der Waals surface area contributed by atoms with E-state index in [9.17, 15) is 9.59 Å². The molecule has 0 N–H and O–H groups in total. The number of hydrogen-bond acceptors (Lipinski definition) is 8. The molecular weight excluding hydrogens is 380 g/mol. The maximum Gasteiger partial charge on any atom is 0.335 e. The topological polar surface area (TPSA) is 77.4 Å². The molecule has 1 aromatic rings. The van der Waals surface area contributed by atoms with Gasteiger partial charge in [-0.3, -0.25) is 9.80 Å². The minimum absolute atomic E-state index is 0.203. The second-order valence-electron chi connectivity index (χ2n) is 6.72. The van der Waals surface area contributed by atoms with Gasteiger partial charge in [-0.05, 0) is 42.8 Å². The molecule has 146 valence electrons. The van der Waals surface area contributed by atoms with E-state index < -0.39 is 22.7 Å². The number of ether oxygens (including phenoxy) is 3. The molecule has 0 aromatic heterocycles. The van der Waals surface area contributed by atoms with E-state index in [1.807, 2.05) is 42.3 Å². The summed E-state index contributed by atoms with van der Waals surface area (Å²) in [6.45, 7) is 1.97. The van der Waals surface area contributed by atoms with Crippen molar-refractivity contribution in [2.24, 2.45) is 5.10 Å². The van der Waals surface area contributed by atoms with E-state index in [-0.39, 0.29) is 6.04 Å². The van der Waals surface area contributed by atoms with Gasteiger partial charge in [-0.25, -0.2) is 4.79 Å². The Morgan fingerprint density at radius 1 is 1.11 bits per heavy atom. The van der Waals surface area contributed by atoms with Crippen LogP contribution in [0.15, 0.2) is 52.7 Å². The molecule has 3 aliphatic heterocycles. The zero-order chi connectivity index (χ0) is 20.1. The molecule has 0 saturated heterocycles. The Kier molecular flexibility index (Phi) is 4.45. The van der Waals surface area contributed by atoms with Crippen molar-refractivity contribution < 1.29 is 23.8 Å². The van der Waals surface area contributed by atoms with E-state index in [2.05, 4.69) is 0 Å². The summed E-state index contributed by atoms with van der Waals surface area (Å²) in [6, 6.07) is 6.79. The standard InChI is InChI=1S/C20H20N2O5S/c1-11-9-16-20(19(24)27-4)14(18(23)26-3)10-15(11)22(16)21-17(28-20)12-5-7-13(25-2)8-6-12/h5-10,15-16H,1-4H3. The van der Waals surface area contributed by atoms with E-state index in [1.54, 1.807) is 13.2 Å². The Labute approximate surface area is 167 Å². The van der Waals surface area contributed by atoms with Crippen LogP contribution in [0.2, 0.25) is 0 Å². The maximum absolute atomic E-state index is 13.1. The molecule has 0 radical (unpaired) electrons. The predicted molar refractivity (Wildman–Crippen MR) is 105 cm³/mol.